The molecule has 0 aliphatic carbocycles. The van der Waals surface area contributed by atoms with Crippen molar-refractivity contribution in [3.05, 3.63) is 89.6 Å². The second-order valence-corrected chi connectivity index (χ2v) is 5.00. The molecule has 1 heterocycles. The van der Waals surface area contributed by atoms with Gasteiger partial charge < -0.3 is 4.98 Å². The number of aromatic nitrogens is 1. The molecule has 0 saturated heterocycles. The van der Waals surface area contributed by atoms with Crippen molar-refractivity contribution in [2.24, 2.45) is 0 Å². The van der Waals surface area contributed by atoms with Gasteiger partial charge in [0.2, 0.25) is 0 Å². The largest absolute Gasteiger partial charge is 0.304 e. The first kappa shape index (κ1) is 16.4. The van der Waals surface area contributed by atoms with Gasteiger partial charge in [-0.15, -0.1) is 35.4 Å². The summed E-state index contributed by atoms with van der Waals surface area (Å²) < 4.78 is 0. The number of rotatable bonds is 3. The van der Waals surface area contributed by atoms with E-state index in [1.54, 1.807) is 0 Å². The van der Waals surface area contributed by atoms with Crippen molar-refractivity contribution in [1.29, 1.82) is 0 Å². The molecule has 3 aromatic rings. The molecule has 0 aliphatic heterocycles. The van der Waals surface area contributed by atoms with Gasteiger partial charge in [-0.3, -0.25) is 0 Å². The molecule has 0 amide bonds. The van der Waals surface area contributed by atoms with Gasteiger partial charge in [0.05, 0.1) is 0 Å². The average Bonchev–Trinajstić information content (AvgIpc) is 2.55. The molecule has 2 aromatic carbocycles. The molecule has 0 saturated carbocycles. The van der Waals surface area contributed by atoms with Gasteiger partial charge in [0.25, 0.3) is 0 Å². The third-order valence-corrected chi connectivity index (χ3v) is 3.30. The minimum absolute atomic E-state index is 0. The first-order valence-corrected chi connectivity index (χ1v) is 6.99. The van der Waals surface area contributed by atoms with Gasteiger partial charge in [0.1, 0.15) is 0 Å². The average molecular weight is 465 g/mol. The summed E-state index contributed by atoms with van der Waals surface area (Å²) in [6, 6.07) is 23.7. The van der Waals surface area contributed by atoms with E-state index in [1.165, 1.54) is 11.1 Å². The monoisotopic (exact) mass is 465 g/mol. The first-order chi connectivity index (χ1) is 10.3. The van der Waals surface area contributed by atoms with Crippen LogP contribution in [-0.4, -0.2) is 4.98 Å². The summed E-state index contributed by atoms with van der Waals surface area (Å²) in [4.78, 5) is 4.51. The van der Waals surface area contributed by atoms with E-state index in [1.807, 2.05) is 36.5 Å². The molecule has 112 valence electrons. The molecule has 1 nitrogen and oxygen atoms in total. The fraction of sp³-hybridized carbons (Fsp3) is 0.0500. The Balaban J connectivity index is 0.00000176. The Morgan fingerprint density at radius 1 is 0.864 bits per heavy atom. The molecule has 2 heteroatoms. The van der Waals surface area contributed by atoms with Crippen LogP contribution in [0.1, 0.15) is 16.7 Å². The van der Waals surface area contributed by atoms with Crippen LogP contribution in [0.15, 0.2) is 66.9 Å². The smallest absolute Gasteiger partial charge is 0.0233 e. The molecular formula is C20H16NPt-. The molecule has 0 atom stereocenters. The fourth-order valence-corrected chi connectivity index (χ4v) is 2.08. The van der Waals surface area contributed by atoms with Gasteiger partial charge in [0.15, 0.2) is 0 Å². The Labute approximate surface area is 146 Å². The minimum atomic E-state index is 0. The van der Waals surface area contributed by atoms with E-state index in [0.717, 1.165) is 16.8 Å². The Bertz CT molecular complexity index is 729. The van der Waals surface area contributed by atoms with E-state index in [4.69, 9.17) is 0 Å². The molecule has 22 heavy (non-hydrogen) atoms. The number of pyridine rings is 1. The quantitative estimate of drug-likeness (QED) is 0.495. The summed E-state index contributed by atoms with van der Waals surface area (Å²) in [6.45, 7) is 2.06. The maximum atomic E-state index is 4.51. The maximum Gasteiger partial charge on any atom is 0.0233 e. The Morgan fingerprint density at radius 3 is 2.27 bits per heavy atom. The first-order valence-electron chi connectivity index (χ1n) is 6.99. The van der Waals surface area contributed by atoms with Gasteiger partial charge in [-0.1, -0.05) is 61.5 Å². The summed E-state index contributed by atoms with van der Waals surface area (Å²) in [5.41, 5.74) is 5.47. The zero-order valence-electron chi connectivity index (χ0n) is 12.3. The Kier molecular flexibility index (Phi) is 5.86. The van der Waals surface area contributed by atoms with Gasteiger partial charge in [0, 0.05) is 27.3 Å². The van der Waals surface area contributed by atoms with E-state index in [2.05, 4.69) is 60.5 Å². The molecule has 0 aliphatic rings. The molecule has 0 spiro atoms. The van der Waals surface area contributed by atoms with Crippen molar-refractivity contribution in [3.63, 3.8) is 0 Å². The van der Waals surface area contributed by atoms with E-state index in [-0.39, 0.29) is 21.1 Å². The normalized spacial score (nSPS) is 10.4. The van der Waals surface area contributed by atoms with Gasteiger partial charge >= 0.3 is 0 Å². The zero-order valence-corrected chi connectivity index (χ0v) is 14.5. The van der Waals surface area contributed by atoms with Crippen LogP contribution in [0.3, 0.4) is 0 Å². The molecule has 3 rings (SSSR count). The number of nitrogens with zero attached hydrogens (tertiary/aromatic N) is 1. The predicted octanol–water partition coefficient (Wildman–Crippen LogP) is 5.03. The number of benzene rings is 2. The van der Waals surface area contributed by atoms with E-state index >= 15 is 0 Å². The predicted molar refractivity (Wildman–Crippen MR) is 88.6 cm³/mol. The molecule has 0 unspecified atom stereocenters. The standard InChI is InChI=1S/C20H16N.Pt/c1-16-7-12-19(13-8-16)20-14-11-18(15-21-20)10-9-17-5-3-2-4-6-17;/h2-12,14-15H,1H3;/q-1;/b10-9+;. The van der Waals surface area contributed by atoms with Crippen LogP contribution in [-0.2, 0) is 21.1 Å². The van der Waals surface area contributed by atoms with Gasteiger partial charge in [-0.25, -0.2) is 0 Å². The van der Waals surface area contributed by atoms with Crippen molar-refractivity contribution in [2.45, 2.75) is 6.92 Å². The van der Waals surface area contributed by atoms with Crippen LogP contribution in [0.5, 0.6) is 0 Å². The van der Waals surface area contributed by atoms with Crippen LogP contribution in [0.25, 0.3) is 23.4 Å². The summed E-state index contributed by atoms with van der Waals surface area (Å²) >= 11 is 0. The minimum Gasteiger partial charge on any atom is -0.304 e. The molecule has 0 N–H and O–H groups in total. The second-order valence-electron chi connectivity index (χ2n) is 5.00. The van der Waals surface area contributed by atoms with Gasteiger partial charge in [-0.2, -0.15) is 0 Å². The van der Waals surface area contributed by atoms with Crippen LogP contribution < -0.4 is 0 Å². The Hall–Kier alpha value is -1.98. The van der Waals surface area contributed by atoms with Crippen molar-refractivity contribution in [1.82, 2.24) is 4.98 Å². The maximum absolute atomic E-state index is 4.51. The molecule has 0 bridgehead atoms. The molecule has 0 fully saturated rings. The number of aryl methyl sites for hydroxylation is 1. The topological polar surface area (TPSA) is 12.9 Å². The molecule has 1 aromatic heterocycles. The van der Waals surface area contributed by atoms with E-state index < -0.39 is 0 Å². The summed E-state index contributed by atoms with van der Waals surface area (Å²) in [5.74, 6) is 0. The van der Waals surface area contributed by atoms with Crippen molar-refractivity contribution in [3.8, 4) is 11.3 Å². The molecular weight excluding hydrogens is 449 g/mol. The van der Waals surface area contributed by atoms with Crippen LogP contribution in [0.4, 0.5) is 0 Å². The van der Waals surface area contributed by atoms with Crippen LogP contribution in [0, 0.1) is 13.0 Å². The Morgan fingerprint density at radius 2 is 1.64 bits per heavy atom. The summed E-state index contributed by atoms with van der Waals surface area (Å²) in [5, 5.41) is 0. The van der Waals surface area contributed by atoms with E-state index in [9.17, 15) is 0 Å². The third-order valence-electron chi connectivity index (χ3n) is 3.30. The second kappa shape index (κ2) is 7.87. The van der Waals surface area contributed by atoms with Crippen molar-refractivity contribution in [2.75, 3.05) is 0 Å². The van der Waals surface area contributed by atoms with Crippen LogP contribution in [0.2, 0.25) is 0 Å². The zero-order chi connectivity index (χ0) is 14.5. The van der Waals surface area contributed by atoms with E-state index in [0.29, 0.717) is 0 Å². The summed E-state index contributed by atoms with van der Waals surface area (Å²) in [6.07, 6.45) is 6.06. The molecule has 0 radical (unpaired) electrons. The SMILES string of the molecule is Cc1c[c-]c(-c2ccc(/C=C/c3ccccc3)cn2)cc1.[Pt]. The van der Waals surface area contributed by atoms with Crippen LogP contribution >= 0.6 is 0 Å². The van der Waals surface area contributed by atoms with Crippen molar-refractivity contribution < 1.29 is 21.1 Å². The summed E-state index contributed by atoms with van der Waals surface area (Å²) in [7, 11) is 0. The number of hydrogen-bond acceptors (Lipinski definition) is 1. The van der Waals surface area contributed by atoms with Crippen molar-refractivity contribution >= 4 is 12.2 Å². The number of hydrogen-bond donors (Lipinski definition) is 0. The van der Waals surface area contributed by atoms with Gasteiger partial charge in [-0.05, 0) is 16.8 Å². The fourth-order valence-electron chi connectivity index (χ4n) is 2.08. The third kappa shape index (κ3) is 4.26.